The molecule has 1 aliphatic heterocycles. The van der Waals surface area contributed by atoms with Crippen LogP contribution in [0, 0.1) is 0 Å². The van der Waals surface area contributed by atoms with E-state index in [9.17, 15) is 0 Å². The Labute approximate surface area is 99.8 Å². The van der Waals surface area contributed by atoms with Crippen molar-refractivity contribution in [2.24, 2.45) is 0 Å². The van der Waals surface area contributed by atoms with Crippen LogP contribution in [0.25, 0.3) is 0 Å². The quantitative estimate of drug-likeness (QED) is 0.666. The zero-order valence-electron chi connectivity index (χ0n) is 10.4. The van der Waals surface area contributed by atoms with Crippen LogP contribution in [0.2, 0.25) is 0 Å². The van der Waals surface area contributed by atoms with Crippen molar-refractivity contribution in [3.05, 3.63) is 0 Å². The normalized spacial score (nSPS) is 24.0. The molecular weight excluding hydrogens is 202 g/mol. The Morgan fingerprint density at radius 3 is 2.73 bits per heavy atom. The largest absolute Gasteiger partial charge is 0.313 e. The van der Waals surface area contributed by atoms with Crippen LogP contribution in [-0.4, -0.2) is 23.6 Å². The van der Waals surface area contributed by atoms with E-state index >= 15 is 0 Å². The topological polar surface area (TPSA) is 12.0 Å². The maximum absolute atomic E-state index is 3.69. The monoisotopic (exact) mass is 229 g/mol. The standard InChI is InChI=1S/C13H27NS/c1-3-5-6-9-12(14-4-2)13-10-7-8-11-15-13/h12-14H,3-11H2,1-2H3. The molecule has 1 saturated heterocycles. The zero-order valence-corrected chi connectivity index (χ0v) is 11.2. The van der Waals surface area contributed by atoms with Crippen molar-refractivity contribution in [1.82, 2.24) is 5.32 Å². The Morgan fingerprint density at radius 2 is 2.13 bits per heavy atom. The van der Waals surface area contributed by atoms with Crippen LogP contribution >= 0.6 is 11.8 Å². The third-order valence-electron chi connectivity index (χ3n) is 3.25. The molecule has 1 rings (SSSR count). The fraction of sp³-hybridized carbons (Fsp3) is 1.00. The molecule has 0 bridgehead atoms. The van der Waals surface area contributed by atoms with Gasteiger partial charge in [-0.05, 0) is 31.6 Å². The predicted octanol–water partition coefficient (Wildman–Crippen LogP) is 3.83. The second kappa shape index (κ2) is 8.46. The fourth-order valence-corrected chi connectivity index (χ4v) is 3.85. The Kier molecular flexibility index (Phi) is 7.54. The van der Waals surface area contributed by atoms with Crippen LogP contribution in [0.4, 0.5) is 0 Å². The molecule has 2 unspecified atom stereocenters. The number of thioether (sulfide) groups is 1. The van der Waals surface area contributed by atoms with Crippen molar-refractivity contribution >= 4 is 11.8 Å². The molecule has 1 fully saturated rings. The average molecular weight is 229 g/mol. The van der Waals surface area contributed by atoms with Crippen LogP contribution in [0.3, 0.4) is 0 Å². The summed E-state index contributed by atoms with van der Waals surface area (Å²) in [5, 5.41) is 4.59. The molecule has 2 atom stereocenters. The predicted molar refractivity (Wildman–Crippen MR) is 71.7 cm³/mol. The average Bonchev–Trinajstić information content (AvgIpc) is 2.29. The van der Waals surface area contributed by atoms with E-state index in [-0.39, 0.29) is 0 Å². The summed E-state index contributed by atoms with van der Waals surface area (Å²) in [6.45, 7) is 5.66. The van der Waals surface area contributed by atoms with Gasteiger partial charge in [-0.2, -0.15) is 11.8 Å². The molecule has 0 spiro atoms. The van der Waals surface area contributed by atoms with Crippen LogP contribution < -0.4 is 5.32 Å². The summed E-state index contributed by atoms with van der Waals surface area (Å²) in [6.07, 6.45) is 9.87. The lowest BCUT2D eigenvalue weighted by atomic mass is 10.0. The van der Waals surface area contributed by atoms with Crippen LogP contribution in [-0.2, 0) is 0 Å². The van der Waals surface area contributed by atoms with Crippen LogP contribution in [0.15, 0.2) is 0 Å². The van der Waals surface area contributed by atoms with Gasteiger partial charge < -0.3 is 5.32 Å². The first-order chi connectivity index (χ1) is 7.38. The summed E-state index contributed by atoms with van der Waals surface area (Å²) in [4.78, 5) is 0. The van der Waals surface area contributed by atoms with Gasteiger partial charge in [-0.25, -0.2) is 0 Å². The van der Waals surface area contributed by atoms with Gasteiger partial charge in [0.25, 0.3) is 0 Å². The lowest BCUT2D eigenvalue weighted by Crippen LogP contribution is -2.39. The lowest BCUT2D eigenvalue weighted by molar-refractivity contribution is 0.432. The van der Waals surface area contributed by atoms with Crippen molar-refractivity contribution < 1.29 is 0 Å². The molecule has 1 N–H and O–H groups in total. The van der Waals surface area contributed by atoms with E-state index in [4.69, 9.17) is 0 Å². The molecule has 15 heavy (non-hydrogen) atoms. The van der Waals surface area contributed by atoms with Gasteiger partial charge in [-0.1, -0.05) is 39.5 Å². The molecule has 1 aliphatic rings. The summed E-state index contributed by atoms with van der Waals surface area (Å²) in [6, 6.07) is 0.784. The minimum Gasteiger partial charge on any atom is -0.313 e. The van der Waals surface area contributed by atoms with Gasteiger partial charge in [0, 0.05) is 11.3 Å². The number of rotatable bonds is 7. The summed E-state index contributed by atoms with van der Waals surface area (Å²) in [5.41, 5.74) is 0. The zero-order chi connectivity index (χ0) is 10.9. The molecule has 2 heteroatoms. The number of nitrogens with one attached hydrogen (secondary N) is 1. The third kappa shape index (κ3) is 5.26. The highest BCUT2D eigenvalue weighted by atomic mass is 32.2. The molecule has 1 nitrogen and oxygen atoms in total. The van der Waals surface area contributed by atoms with E-state index in [0.717, 1.165) is 17.8 Å². The van der Waals surface area contributed by atoms with Crippen molar-refractivity contribution in [2.75, 3.05) is 12.3 Å². The van der Waals surface area contributed by atoms with E-state index in [0.29, 0.717) is 0 Å². The smallest absolute Gasteiger partial charge is 0.0201 e. The number of unbranched alkanes of at least 4 members (excludes halogenated alkanes) is 2. The highest BCUT2D eigenvalue weighted by Gasteiger charge is 2.22. The van der Waals surface area contributed by atoms with Gasteiger partial charge >= 0.3 is 0 Å². The molecule has 0 aromatic carbocycles. The highest BCUT2D eigenvalue weighted by Crippen LogP contribution is 2.29. The first-order valence-electron chi connectivity index (χ1n) is 6.73. The molecule has 0 saturated carbocycles. The Hall–Kier alpha value is 0.310. The lowest BCUT2D eigenvalue weighted by Gasteiger charge is -2.30. The molecule has 1 heterocycles. The Balaban J connectivity index is 2.26. The second-order valence-electron chi connectivity index (χ2n) is 4.56. The summed E-state index contributed by atoms with van der Waals surface area (Å²) in [7, 11) is 0. The first-order valence-corrected chi connectivity index (χ1v) is 7.78. The molecule has 0 radical (unpaired) electrons. The molecule has 0 aromatic rings. The second-order valence-corrected chi connectivity index (χ2v) is 5.91. The molecule has 0 aliphatic carbocycles. The van der Waals surface area contributed by atoms with Gasteiger partial charge in [0.1, 0.15) is 0 Å². The van der Waals surface area contributed by atoms with Crippen molar-refractivity contribution in [2.45, 2.75) is 70.1 Å². The summed E-state index contributed by atoms with van der Waals surface area (Å²) < 4.78 is 0. The van der Waals surface area contributed by atoms with E-state index in [1.807, 2.05) is 0 Å². The number of hydrogen-bond acceptors (Lipinski definition) is 2. The van der Waals surface area contributed by atoms with E-state index in [1.165, 1.54) is 50.7 Å². The van der Waals surface area contributed by atoms with Gasteiger partial charge in [0.05, 0.1) is 0 Å². The SMILES string of the molecule is CCCCCC(NCC)C1CCCCS1. The van der Waals surface area contributed by atoms with Crippen LogP contribution in [0.1, 0.15) is 58.8 Å². The highest BCUT2D eigenvalue weighted by molar-refractivity contribution is 8.00. The van der Waals surface area contributed by atoms with Gasteiger partial charge in [-0.15, -0.1) is 0 Å². The minimum atomic E-state index is 0.784. The van der Waals surface area contributed by atoms with Crippen molar-refractivity contribution in [3.8, 4) is 0 Å². The fourth-order valence-electron chi connectivity index (χ4n) is 2.38. The van der Waals surface area contributed by atoms with Crippen molar-refractivity contribution in [1.29, 1.82) is 0 Å². The van der Waals surface area contributed by atoms with Gasteiger partial charge in [0.15, 0.2) is 0 Å². The first kappa shape index (κ1) is 13.4. The molecular formula is C13H27NS. The minimum absolute atomic E-state index is 0.784. The maximum atomic E-state index is 3.69. The van der Waals surface area contributed by atoms with E-state index < -0.39 is 0 Å². The van der Waals surface area contributed by atoms with Gasteiger partial charge in [0.2, 0.25) is 0 Å². The van der Waals surface area contributed by atoms with Crippen molar-refractivity contribution in [3.63, 3.8) is 0 Å². The molecule has 0 amide bonds. The third-order valence-corrected chi connectivity index (χ3v) is 4.77. The van der Waals surface area contributed by atoms with E-state index in [2.05, 4.69) is 30.9 Å². The van der Waals surface area contributed by atoms with E-state index in [1.54, 1.807) is 0 Å². The van der Waals surface area contributed by atoms with Crippen LogP contribution in [0.5, 0.6) is 0 Å². The Bertz CT molecular complexity index is 143. The Morgan fingerprint density at radius 1 is 1.27 bits per heavy atom. The number of hydrogen-bond donors (Lipinski definition) is 1. The summed E-state index contributed by atoms with van der Waals surface area (Å²) >= 11 is 2.21. The maximum Gasteiger partial charge on any atom is 0.0201 e. The summed E-state index contributed by atoms with van der Waals surface area (Å²) in [5.74, 6) is 1.39. The van der Waals surface area contributed by atoms with Gasteiger partial charge in [-0.3, -0.25) is 0 Å². The molecule has 90 valence electrons. The molecule has 0 aromatic heterocycles.